The molecule has 2 aliphatic rings. The molecule has 0 radical (unpaired) electrons. The molecule has 1 aliphatic heterocycles. The minimum absolute atomic E-state index is 0.176. The van der Waals surface area contributed by atoms with Gasteiger partial charge in [0.25, 0.3) is 5.56 Å². The van der Waals surface area contributed by atoms with E-state index in [9.17, 15) is 14.7 Å². The Balaban J connectivity index is 1.17. The summed E-state index contributed by atoms with van der Waals surface area (Å²) in [5.41, 5.74) is 2.80. The van der Waals surface area contributed by atoms with Gasteiger partial charge >= 0.3 is 0 Å². The van der Waals surface area contributed by atoms with E-state index in [4.69, 9.17) is 0 Å². The molecular weight excluding hydrogens is 414 g/mol. The number of carbonyl (C=O) groups is 1. The Morgan fingerprint density at radius 1 is 1.06 bits per heavy atom. The first-order chi connectivity index (χ1) is 16.1. The van der Waals surface area contributed by atoms with E-state index in [1.807, 2.05) is 42.5 Å². The molecule has 2 aromatic carbocycles. The van der Waals surface area contributed by atoms with E-state index < -0.39 is 12.1 Å². The van der Waals surface area contributed by atoms with Gasteiger partial charge in [-0.2, -0.15) is 0 Å². The Bertz CT molecular complexity index is 1170. The average molecular weight is 444 g/mol. The van der Waals surface area contributed by atoms with Crippen LogP contribution < -0.4 is 10.9 Å². The molecule has 33 heavy (non-hydrogen) atoms. The van der Waals surface area contributed by atoms with Crippen molar-refractivity contribution in [1.82, 2.24) is 9.55 Å². The summed E-state index contributed by atoms with van der Waals surface area (Å²) in [6.07, 6.45) is 6.51. The van der Waals surface area contributed by atoms with E-state index in [1.165, 1.54) is 22.4 Å². The highest BCUT2D eigenvalue weighted by Gasteiger charge is 2.31. The smallest absolute Gasteiger partial charge is 0.254 e. The second-order valence-electron chi connectivity index (χ2n) is 9.31. The maximum absolute atomic E-state index is 12.8. The van der Waals surface area contributed by atoms with Gasteiger partial charge in [-0.05, 0) is 67.2 Å². The van der Waals surface area contributed by atoms with Crippen LogP contribution in [0.2, 0.25) is 0 Å². The second kappa shape index (κ2) is 9.32. The normalized spacial score (nSPS) is 22.6. The number of rotatable bonds is 6. The SMILES string of the molecule is O=C(Nc1ccc(C[C@@H]2CC[C@H]([C@H](O)c3ccccc3)C2)cc1)C1CCc2nccc(=O)n21. The Hall–Kier alpha value is -3.25. The molecule has 170 valence electrons. The third-order valence-corrected chi connectivity index (χ3v) is 7.13. The summed E-state index contributed by atoms with van der Waals surface area (Å²) in [4.78, 5) is 29.2. The molecule has 0 bridgehead atoms. The van der Waals surface area contributed by atoms with Crippen molar-refractivity contribution in [2.24, 2.45) is 11.8 Å². The molecule has 1 fully saturated rings. The fourth-order valence-corrected chi connectivity index (χ4v) is 5.41. The predicted molar refractivity (Wildman–Crippen MR) is 127 cm³/mol. The first-order valence-electron chi connectivity index (χ1n) is 11.8. The minimum Gasteiger partial charge on any atom is -0.388 e. The van der Waals surface area contributed by atoms with Crippen LogP contribution in [-0.4, -0.2) is 20.6 Å². The van der Waals surface area contributed by atoms with Crippen molar-refractivity contribution in [2.45, 2.75) is 50.7 Å². The largest absolute Gasteiger partial charge is 0.388 e. The number of carbonyl (C=O) groups excluding carboxylic acids is 1. The molecule has 1 aliphatic carbocycles. The maximum Gasteiger partial charge on any atom is 0.254 e. The highest BCUT2D eigenvalue weighted by molar-refractivity contribution is 5.94. The first-order valence-corrected chi connectivity index (χ1v) is 11.8. The molecule has 1 unspecified atom stereocenters. The summed E-state index contributed by atoms with van der Waals surface area (Å²) in [5, 5.41) is 13.7. The molecule has 6 nitrogen and oxygen atoms in total. The van der Waals surface area contributed by atoms with Crippen LogP contribution in [0, 0.1) is 11.8 Å². The monoisotopic (exact) mass is 443 g/mol. The Kier molecular flexibility index (Phi) is 6.09. The Morgan fingerprint density at radius 3 is 2.64 bits per heavy atom. The van der Waals surface area contributed by atoms with Crippen molar-refractivity contribution in [2.75, 3.05) is 5.32 Å². The molecule has 3 aromatic rings. The zero-order chi connectivity index (χ0) is 22.8. The van der Waals surface area contributed by atoms with E-state index in [2.05, 4.69) is 22.4 Å². The summed E-state index contributed by atoms with van der Waals surface area (Å²) >= 11 is 0. The number of amides is 1. The van der Waals surface area contributed by atoms with Crippen molar-refractivity contribution in [3.8, 4) is 0 Å². The lowest BCUT2D eigenvalue weighted by molar-refractivity contribution is -0.119. The van der Waals surface area contributed by atoms with E-state index >= 15 is 0 Å². The number of aromatic nitrogens is 2. The molecule has 2 heterocycles. The van der Waals surface area contributed by atoms with E-state index in [0.717, 1.165) is 36.9 Å². The van der Waals surface area contributed by atoms with Gasteiger partial charge in [-0.3, -0.25) is 14.2 Å². The van der Waals surface area contributed by atoms with Gasteiger partial charge in [0, 0.05) is 24.4 Å². The molecule has 5 rings (SSSR count). The van der Waals surface area contributed by atoms with E-state index in [-0.39, 0.29) is 11.5 Å². The number of hydrogen-bond donors (Lipinski definition) is 2. The average Bonchev–Trinajstić information content (AvgIpc) is 3.49. The van der Waals surface area contributed by atoms with Gasteiger partial charge in [-0.15, -0.1) is 0 Å². The first kappa shape index (κ1) is 21.6. The van der Waals surface area contributed by atoms with E-state index in [1.54, 1.807) is 0 Å². The number of anilines is 1. The van der Waals surface area contributed by atoms with Crippen molar-refractivity contribution >= 4 is 11.6 Å². The van der Waals surface area contributed by atoms with Crippen LogP contribution in [0.5, 0.6) is 0 Å². The summed E-state index contributed by atoms with van der Waals surface area (Å²) in [7, 11) is 0. The van der Waals surface area contributed by atoms with Crippen LogP contribution in [0.1, 0.15) is 54.8 Å². The van der Waals surface area contributed by atoms with Crippen LogP contribution in [-0.2, 0) is 17.6 Å². The number of aryl methyl sites for hydroxylation is 1. The van der Waals surface area contributed by atoms with Crippen LogP contribution >= 0.6 is 0 Å². The molecular formula is C27H29N3O3. The molecule has 2 N–H and O–H groups in total. The number of hydrogen-bond acceptors (Lipinski definition) is 4. The number of fused-ring (bicyclic) bond motifs is 1. The fraction of sp³-hybridized carbons (Fsp3) is 0.370. The third kappa shape index (κ3) is 4.62. The molecule has 4 atom stereocenters. The Morgan fingerprint density at radius 2 is 1.85 bits per heavy atom. The molecule has 1 amide bonds. The van der Waals surface area contributed by atoms with Crippen LogP contribution in [0.15, 0.2) is 71.7 Å². The van der Waals surface area contributed by atoms with Crippen molar-refractivity contribution in [3.63, 3.8) is 0 Å². The van der Waals surface area contributed by atoms with Crippen LogP contribution in [0.4, 0.5) is 5.69 Å². The lowest BCUT2D eigenvalue weighted by Crippen LogP contribution is -2.31. The van der Waals surface area contributed by atoms with Gasteiger partial charge in [0.05, 0.1) is 6.10 Å². The Labute approximate surface area is 193 Å². The van der Waals surface area contributed by atoms with Gasteiger partial charge in [-0.1, -0.05) is 42.5 Å². The summed E-state index contributed by atoms with van der Waals surface area (Å²) in [6, 6.07) is 18.8. The number of aliphatic hydroxyl groups excluding tert-OH is 1. The fourth-order valence-electron chi connectivity index (χ4n) is 5.41. The van der Waals surface area contributed by atoms with Crippen molar-refractivity contribution < 1.29 is 9.90 Å². The second-order valence-corrected chi connectivity index (χ2v) is 9.31. The highest BCUT2D eigenvalue weighted by Crippen LogP contribution is 2.40. The summed E-state index contributed by atoms with van der Waals surface area (Å²) in [5.74, 6) is 1.36. The highest BCUT2D eigenvalue weighted by atomic mass is 16.3. The van der Waals surface area contributed by atoms with Crippen LogP contribution in [0.3, 0.4) is 0 Å². The van der Waals surface area contributed by atoms with E-state index in [0.29, 0.717) is 30.5 Å². The quantitative estimate of drug-likeness (QED) is 0.602. The van der Waals surface area contributed by atoms with Crippen molar-refractivity contribution in [3.05, 3.63) is 94.2 Å². The predicted octanol–water partition coefficient (Wildman–Crippen LogP) is 4.06. The number of nitrogens with one attached hydrogen (secondary N) is 1. The zero-order valence-corrected chi connectivity index (χ0v) is 18.6. The summed E-state index contributed by atoms with van der Waals surface area (Å²) in [6.45, 7) is 0. The van der Waals surface area contributed by atoms with Gasteiger partial charge < -0.3 is 10.4 Å². The lowest BCUT2D eigenvalue weighted by Gasteiger charge is -2.19. The molecule has 0 spiro atoms. The van der Waals surface area contributed by atoms with Gasteiger partial charge in [0.15, 0.2) is 0 Å². The minimum atomic E-state index is -0.507. The molecule has 1 aromatic heterocycles. The van der Waals surface area contributed by atoms with Gasteiger partial charge in [0.2, 0.25) is 5.91 Å². The summed E-state index contributed by atoms with van der Waals surface area (Å²) < 4.78 is 1.50. The lowest BCUT2D eigenvalue weighted by atomic mass is 9.91. The van der Waals surface area contributed by atoms with Gasteiger partial charge in [-0.25, -0.2) is 4.98 Å². The van der Waals surface area contributed by atoms with Crippen LogP contribution in [0.25, 0.3) is 0 Å². The zero-order valence-electron chi connectivity index (χ0n) is 18.6. The van der Waals surface area contributed by atoms with Gasteiger partial charge in [0.1, 0.15) is 11.9 Å². The number of benzene rings is 2. The topological polar surface area (TPSA) is 84.2 Å². The molecule has 1 saturated carbocycles. The maximum atomic E-state index is 12.8. The number of aliphatic hydroxyl groups is 1. The van der Waals surface area contributed by atoms with Crippen molar-refractivity contribution in [1.29, 1.82) is 0 Å². The molecule has 0 saturated heterocycles. The molecule has 6 heteroatoms. The third-order valence-electron chi connectivity index (χ3n) is 7.13. The number of nitrogens with zero attached hydrogens (tertiary/aromatic N) is 2. The standard InChI is InChI=1S/C27H29N3O3/c31-25-14-15-28-24-13-12-23(30(24)25)27(33)29-22-10-7-18(8-11-22)16-19-6-9-21(17-19)26(32)20-4-2-1-3-5-20/h1-5,7-8,10-11,14-15,19,21,23,26,32H,6,9,12-13,16-17H2,(H,29,33)/t19-,21-,23?,26+/m0/s1.